The summed E-state index contributed by atoms with van der Waals surface area (Å²) in [7, 11) is 0. The van der Waals surface area contributed by atoms with Crippen LogP contribution in [0, 0.1) is 5.92 Å². The third-order valence-corrected chi connectivity index (χ3v) is 4.21. The molecular weight excluding hydrogens is 318 g/mol. The van der Waals surface area contributed by atoms with E-state index in [-0.39, 0.29) is 24.1 Å². The van der Waals surface area contributed by atoms with E-state index in [0.717, 1.165) is 12.0 Å². The van der Waals surface area contributed by atoms with Gasteiger partial charge in [-0.2, -0.15) is 0 Å². The fraction of sp³-hybridized carbons (Fsp3) is 0.526. The van der Waals surface area contributed by atoms with Crippen LogP contribution in [0.3, 0.4) is 0 Å². The van der Waals surface area contributed by atoms with Crippen molar-refractivity contribution in [1.82, 2.24) is 16.0 Å². The van der Waals surface area contributed by atoms with Gasteiger partial charge in [0.15, 0.2) is 0 Å². The summed E-state index contributed by atoms with van der Waals surface area (Å²) < 4.78 is 0. The van der Waals surface area contributed by atoms with Crippen molar-refractivity contribution < 1.29 is 14.4 Å². The van der Waals surface area contributed by atoms with Gasteiger partial charge in [-0.25, -0.2) is 0 Å². The number of hydrogen-bond acceptors (Lipinski definition) is 3. The molecule has 0 saturated carbocycles. The minimum Gasteiger partial charge on any atom is -0.356 e. The third-order valence-electron chi connectivity index (χ3n) is 4.21. The molecule has 1 fully saturated rings. The largest absolute Gasteiger partial charge is 0.356 e. The molecule has 0 unspecified atom stereocenters. The summed E-state index contributed by atoms with van der Waals surface area (Å²) in [6, 6.07) is 8.82. The quantitative estimate of drug-likeness (QED) is 0.661. The molecular formula is C19H27N3O3. The Balaban J connectivity index is 1.69. The maximum absolute atomic E-state index is 12.1. The Morgan fingerprint density at radius 2 is 1.72 bits per heavy atom. The van der Waals surface area contributed by atoms with Gasteiger partial charge in [0.05, 0.1) is 0 Å². The van der Waals surface area contributed by atoms with Gasteiger partial charge in [0.25, 0.3) is 0 Å². The van der Waals surface area contributed by atoms with E-state index in [1.807, 2.05) is 44.2 Å². The Morgan fingerprint density at radius 3 is 2.40 bits per heavy atom. The number of benzene rings is 1. The fourth-order valence-electron chi connectivity index (χ4n) is 2.87. The first-order chi connectivity index (χ1) is 12.0. The normalized spacial score (nSPS) is 20.1. The van der Waals surface area contributed by atoms with E-state index in [0.29, 0.717) is 25.3 Å². The van der Waals surface area contributed by atoms with Crippen LogP contribution in [0.25, 0.3) is 0 Å². The highest BCUT2D eigenvalue weighted by molar-refractivity contribution is 5.97. The van der Waals surface area contributed by atoms with E-state index in [1.54, 1.807) is 0 Å². The van der Waals surface area contributed by atoms with Crippen molar-refractivity contribution in [2.75, 3.05) is 6.54 Å². The molecule has 3 amide bonds. The summed E-state index contributed by atoms with van der Waals surface area (Å²) in [6.45, 7) is 4.57. The Hall–Kier alpha value is -2.37. The van der Waals surface area contributed by atoms with Gasteiger partial charge in [-0.05, 0) is 30.7 Å². The summed E-state index contributed by atoms with van der Waals surface area (Å²) in [5, 5.41) is 8.33. The predicted octanol–water partition coefficient (Wildman–Crippen LogP) is 1.15. The zero-order valence-corrected chi connectivity index (χ0v) is 14.9. The molecule has 25 heavy (non-hydrogen) atoms. The molecule has 1 aromatic carbocycles. The lowest BCUT2D eigenvalue weighted by Crippen LogP contribution is -2.62. The Kier molecular flexibility index (Phi) is 6.98. The van der Waals surface area contributed by atoms with Crippen LogP contribution in [-0.2, 0) is 20.8 Å². The van der Waals surface area contributed by atoms with Crippen LogP contribution < -0.4 is 16.0 Å². The van der Waals surface area contributed by atoms with Crippen molar-refractivity contribution in [3.05, 3.63) is 35.9 Å². The van der Waals surface area contributed by atoms with Crippen molar-refractivity contribution in [1.29, 1.82) is 0 Å². The van der Waals surface area contributed by atoms with Gasteiger partial charge in [0.1, 0.15) is 12.1 Å². The number of hydrogen-bond donors (Lipinski definition) is 3. The molecule has 2 rings (SSSR count). The lowest BCUT2D eigenvalue weighted by Gasteiger charge is -2.30. The lowest BCUT2D eigenvalue weighted by atomic mass is 9.98. The van der Waals surface area contributed by atoms with Gasteiger partial charge in [0.2, 0.25) is 17.7 Å². The van der Waals surface area contributed by atoms with Gasteiger partial charge in [-0.15, -0.1) is 0 Å². The van der Waals surface area contributed by atoms with Crippen LogP contribution in [0.5, 0.6) is 0 Å². The minimum absolute atomic E-state index is 0.109. The van der Waals surface area contributed by atoms with Crippen molar-refractivity contribution in [2.45, 2.75) is 51.6 Å². The topological polar surface area (TPSA) is 87.3 Å². The average molecular weight is 345 g/mol. The highest BCUT2D eigenvalue weighted by Gasteiger charge is 2.33. The molecule has 1 aromatic rings. The molecule has 0 aromatic heterocycles. The average Bonchev–Trinajstić information content (AvgIpc) is 2.57. The number of carbonyl (C=O) groups excluding carboxylic acids is 3. The summed E-state index contributed by atoms with van der Waals surface area (Å²) in [5.74, 6) is -0.157. The molecule has 3 N–H and O–H groups in total. The monoisotopic (exact) mass is 345 g/mol. The second kappa shape index (κ2) is 9.20. The summed E-state index contributed by atoms with van der Waals surface area (Å²) in [6.07, 6.45) is 1.90. The third kappa shape index (κ3) is 6.21. The first-order valence-corrected chi connectivity index (χ1v) is 8.87. The van der Waals surface area contributed by atoms with E-state index in [4.69, 9.17) is 0 Å². The van der Waals surface area contributed by atoms with Crippen LogP contribution >= 0.6 is 0 Å². The van der Waals surface area contributed by atoms with Crippen LogP contribution in [0.2, 0.25) is 0 Å². The molecule has 1 saturated heterocycles. The summed E-state index contributed by atoms with van der Waals surface area (Å²) in [5.41, 5.74) is 1.16. The van der Waals surface area contributed by atoms with Gasteiger partial charge < -0.3 is 16.0 Å². The van der Waals surface area contributed by atoms with Crippen molar-refractivity contribution in [3.8, 4) is 0 Å². The van der Waals surface area contributed by atoms with Gasteiger partial charge in [0, 0.05) is 13.0 Å². The van der Waals surface area contributed by atoms with Crippen molar-refractivity contribution in [3.63, 3.8) is 0 Å². The minimum atomic E-state index is -0.629. The van der Waals surface area contributed by atoms with E-state index in [1.165, 1.54) is 0 Å². The molecule has 1 aliphatic rings. The van der Waals surface area contributed by atoms with Gasteiger partial charge in [-0.1, -0.05) is 44.2 Å². The van der Waals surface area contributed by atoms with Crippen LogP contribution in [0.4, 0.5) is 0 Å². The Labute approximate surface area is 148 Å². The second-order valence-electron chi connectivity index (χ2n) is 6.88. The SMILES string of the molecule is CC(C)C[C@@H]1NC(=O)[C@@H](CCC(=O)NCCc2ccccc2)NC1=O. The maximum Gasteiger partial charge on any atom is 0.243 e. The van der Waals surface area contributed by atoms with Crippen molar-refractivity contribution >= 4 is 17.7 Å². The first kappa shape index (κ1) is 19.0. The molecule has 6 nitrogen and oxygen atoms in total. The van der Waals surface area contributed by atoms with E-state index >= 15 is 0 Å². The number of carbonyl (C=O) groups is 3. The molecule has 136 valence electrons. The Morgan fingerprint density at radius 1 is 1.08 bits per heavy atom. The highest BCUT2D eigenvalue weighted by atomic mass is 16.2. The zero-order chi connectivity index (χ0) is 18.2. The van der Waals surface area contributed by atoms with Crippen LogP contribution in [-0.4, -0.2) is 36.3 Å². The molecule has 1 heterocycles. The number of piperazine rings is 1. The van der Waals surface area contributed by atoms with Gasteiger partial charge in [-0.3, -0.25) is 14.4 Å². The molecule has 0 spiro atoms. The zero-order valence-electron chi connectivity index (χ0n) is 14.9. The van der Waals surface area contributed by atoms with E-state index < -0.39 is 12.1 Å². The predicted molar refractivity (Wildman–Crippen MR) is 95.7 cm³/mol. The second-order valence-corrected chi connectivity index (χ2v) is 6.88. The number of rotatable bonds is 8. The fourth-order valence-corrected chi connectivity index (χ4v) is 2.87. The standard InChI is InChI=1S/C19H27N3O3/c1-13(2)12-16-19(25)21-15(18(24)22-16)8-9-17(23)20-11-10-14-6-4-3-5-7-14/h3-7,13,15-16H,8-12H2,1-2H3,(H,20,23)(H,21,25)(H,22,24)/t15-,16+/m1/s1. The molecule has 1 aliphatic heterocycles. The first-order valence-electron chi connectivity index (χ1n) is 8.87. The molecule has 2 atom stereocenters. The van der Waals surface area contributed by atoms with Gasteiger partial charge >= 0.3 is 0 Å². The number of nitrogens with one attached hydrogen (secondary N) is 3. The van der Waals surface area contributed by atoms with Crippen LogP contribution in [0.1, 0.15) is 38.7 Å². The molecule has 0 aliphatic carbocycles. The van der Waals surface area contributed by atoms with E-state index in [2.05, 4.69) is 16.0 Å². The molecule has 0 bridgehead atoms. The Bertz CT molecular complexity index is 601. The number of amides is 3. The molecule has 6 heteroatoms. The van der Waals surface area contributed by atoms with Crippen LogP contribution in [0.15, 0.2) is 30.3 Å². The summed E-state index contributed by atoms with van der Waals surface area (Å²) >= 11 is 0. The highest BCUT2D eigenvalue weighted by Crippen LogP contribution is 2.11. The maximum atomic E-state index is 12.1. The lowest BCUT2D eigenvalue weighted by molar-refractivity contribution is -0.137. The summed E-state index contributed by atoms with van der Waals surface area (Å²) in [4.78, 5) is 36.0. The smallest absolute Gasteiger partial charge is 0.243 e. The van der Waals surface area contributed by atoms with E-state index in [9.17, 15) is 14.4 Å². The molecule has 0 radical (unpaired) electrons. The van der Waals surface area contributed by atoms with Crippen molar-refractivity contribution in [2.24, 2.45) is 5.92 Å².